The van der Waals surface area contributed by atoms with Crippen molar-refractivity contribution in [2.24, 2.45) is 11.1 Å². The molecule has 124 valence electrons. The number of nitrogens with two attached hydrogens (primary N) is 1. The molecule has 24 heavy (non-hydrogen) atoms. The van der Waals surface area contributed by atoms with Crippen LogP contribution in [0.2, 0.25) is 0 Å². The van der Waals surface area contributed by atoms with Crippen molar-refractivity contribution in [2.45, 2.75) is 31.7 Å². The van der Waals surface area contributed by atoms with Crippen molar-refractivity contribution in [3.8, 4) is 0 Å². The van der Waals surface area contributed by atoms with Crippen molar-refractivity contribution >= 4 is 11.9 Å². The molecular weight excluding hydrogens is 298 g/mol. The quantitative estimate of drug-likeness (QED) is 0.918. The molecule has 1 spiro atoms. The van der Waals surface area contributed by atoms with E-state index in [1.807, 2.05) is 18.5 Å². The summed E-state index contributed by atoms with van der Waals surface area (Å²) in [6.45, 7) is 5.71. The van der Waals surface area contributed by atoms with Crippen molar-refractivity contribution < 1.29 is 0 Å². The number of aromatic nitrogens is 3. The lowest BCUT2D eigenvalue weighted by molar-refractivity contribution is 0.153. The van der Waals surface area contributed by atoms with Crippen molar-refractivity contribution in [2.75, 3.05) is 18.0 Å². The van der Waals surface area contributed by atoms with Crippen LogP contribution in [-0.4, -0.2) is 34.1 Å². The smallest absolute Gasteiger partial charge is 0.147 e. The Morgan fingerprint density at radius 1 is 1.29 bits per heavy atom. The van der Waals surface area contributed by atoms with Gasteiger partial charge in [0, 0.05) is 37.4 Å². The van der Waals surface area contributed by atoms with Gasteiger partial charge in [0.25, 0.3) is 0 Å². The summed E-state index contributed by atoms with van der Waals surface area (Å²) in [5.74, 6) is 0.939. The molecule has 3 heterocycles. The molecule has 0 bridgehead atoms. The lowest BCUT2D eigenvalue weighted by atomic mass is 9.64. The van der Waals surface area contributed by atoms with Crippen LogP contribution >= 0.6 is 0 Å². The molecular formula is C19H23N5. The normalized spacial score (nSPS) is 22.2. The van der Waals surface area contributed by atoms with E-state index in [2.05, 4.69) is 32.5 Å². The van der Waals surface area contributed by atoms with Crippen LogP contribution in [0.25, 0.3) is 6.08 Å². The van der Waals surface area contributed by atoms with Gasteiger partial charge >= 0.3 is 0 Å². The Labute approximate surface area is 142 Å². The molecule has 5 heteroatoms. The highest BCUT2D eigenvalue weighted by Gasteiger charge is 2.43. The Balaban J connectivity index is 1.52. The fourth-order valence-corrected chi connectivity index (χ4v) is 4.10. The lowest BCUT2D eigenvalue weighted by Crippen LogP contribution is -2.54. The Morgan fingerprint density at radius 3 is 2.92 bits per heavy atom. The predicted octanol–water partition coefficient (Wildman–Crippen LogP) is 2.23. The second-order valence-electron chi connectivity index (χ2n) is 6.95. The van der Waals surface area contributed by atoms with Gasteiger partial charge in [-0.25, -0.2) is 4.98 Å². The second-order valence-corrected chi connectivity index (χ2v) is 6.95. The molecule has 5 nitrogen and oxygen atoms in total. The predicted molar refractivity (Wildman–Crippen MR) is 95.6 cm³/mol. The Hall–Kier alpha value is -2.27. The van der Waals surface area contributed by atoms with Crippen molar-refractivity contribution in [1.29, 1.82) is 0 Å². The topological polar surface area (TPSA) is 67.9 Å². The van der Waals surface area contributed by atoms with E-state index < -0.39 is 0 Å². The van der Waals surface area contributed by atoms with E-state index in [4.69, 9.17) is 5.73 Å². The average molecular weight is 321 g/mol. The van der Waals surface area contributed by atoms with Gasteiger partial charge in [0.2, 0.25) is 0 Å². The van der Waals surface area contributed by atoms with Gasteiger partial charge in [0.15, 0.2) is 0 Å². The van der Waals surface area contributed by atoms with Crippen molar-refractivity contribution in [3.63, 3.8) is 0 Å². The average Bonchev–Trinajstić information content (AvgIpc) is 2.63. The molecule has 1 saturated heterocycles. The van der Waals surface area contributed by atoms with Crippen LogP contribution in [0.4, 0.5) is 5.82 Å². The summed E-state index contributed by atoms with van der Waals surface area (Å²) < 4.78 is 0. The third-order valence-electron chi connectivity index (χ3n) is 5.66. The first-order valence-corrected chi connectivity index (χ1v) is 8.58. The van der Waals surface area contributed by atoms with Gasteiger partial charge in [-0.1, -0.05) is 12.6 Å². The van der Waals surface area contributed by atoms with Crippen LogP contribution in [0.5, 0.6) is 0 Å². The summed E-state index contributed by atoms with van der Waals surface area (Å²) in [4.78, 5) is 15.7. The first-order valence-electron chi connectivity index (χ1n) is 8.58. The molecule has 2 aromatic heterocycles. The molecule has 2 aliphatic rings. The van der Waals surface area contributed by atoms with Gasteiger partial charge in [-0.05, 0) is 42.4 Å². The van der Waals surface area contributed by atoms with E-state index >= 15 is 0 Å². The molecule has 2 aromatic rings. The Bertz CT molecular complexity index is 749. The molecule has 1 unspecified atom stereocenters. The minimum absolute atomic E-state index is 0.188. The summed E-state index contributed by atoms with van der Waals surface area (Å²) in [5, 5.41) is 0. The molecule has 1 atom stereocenters. The summed E-state index contributed by atoms with van der Waals surface area (Å²) in [6, 6.07) is 4.43. The van der Waals surface area contributed by atoms with Gasteiger partial charge in [0.05, 0.1) is 18.1 Å². The fourth-order valence-electron chi connectivity index (χ4n) is 4.10. The van der Waals surface area contributed by atoms with Gasteiger partial charge in [0.1, 0.15) is 5.82 Å². The Morgan fingerprint density at radius 2 is 2.12 bits per heavy atom. The standard InChI is InChI=1S/C19H23N5/c1-2-15-12-21-13-18(23-15)24-8-5-19(6-9-24)11-14-4-3-7-22-16(14)10-17(19)20/h2-4,7,12-13,17H,1,5-6,8-11,20H2. The largest absolute Gasteiger partial charge is 0.355 e. The summed E-state index contributed by atoms with van der Waals surface area (Å²) in [5.41, 5.74) is 10.2. The third kappa shape index (κ3) is 2.59. The number of pyridine rings is 1. The number of rotatable bonds is 2. The van der Waals surface area contributed by atoms with E-state index in [1.54, 1.807) is 12.3 Å². The highest BCUT2D eigenvalue weighted by atomic mass is 15.2. The summed E-state index contributed by atoms with van der Waals surface area (Å²) in [6.07, 6.45) is 11.3. The molecule has 0 radical (unpaired) electrons. The first-order chi connectivity index (χ1) is 11.7. The van der Waals surface area contributed by atoms with Crippen LogP contribution in [0.15, 0.2) is 37.3 Å². The minimum atomic E-state index is 0.188. The molecule has 0 saturated carbocycles. The van der Waals surface area contributed by atoms with Gasteiger partial charge in [-0.3, -0.25) is 9.97 Å². The zero-order chi connectivity index (χ0) is 16.6. The van der Waals surface area contributed by atoms with Crippen LogP contribution in [0.3, 0.4) is 0 Å². The zero-order valence-electron chi connectivity index (χ0n) is 13.9. The number of hydrogen-bond acceptors (Lipinski definition) is 5. The number of piperidine rings is 1. The van der Waals surface area contributed by atoms with Gasteiger partial charge in [-0.15, -0.1) is 0 Å². The second kappa shape index (κ2) is 5.98. The van der Waals surface area contributed by atoms with Gasteiger partial charge < -0.3 is 10.6 Å². The summed E-state index contributed by atoms with van der Waals surface area (Å²) >= 11 is 0. The number of anilines is 1. The van der Waals surface area contributed by atoms with E-state index in [1.165, 1.54) is 11.3 Å². The lowest BCUT2D eigenvalue weighted by Gasteiger charge is -2.48. The minimum Gasteiger partial charge on any atom is -0.355 e. The van der Waals surface area contributed by atoms with Gasteiger partial charge in [-0.2, -0.15) is 0 Å². The van der Waals surface area contributed by atoms with E-state index in [9.17, 15) is 0 Å². The molecule has 0 aromatic carbocycles. The van der Waals surface area contributed by atoms with Crippen molar-refractivity contribution in [1.82, 2.24) is 15.0 Å². The van der Waals surface area contributed by atoms with E-state index in [-0.39, 0.29) is 11.5 Å². The highest BCUT2D eigenvalue weighted by molar-refractivity contribution is 5.46. The third-order valence-corrected chi connectivity index (χ3v) is 5.66. The van der Waals surface area contributed by atoms with Crippen LogP contribution in [0.1, 0.15) is 29.8 Å². The van der Waals surface area contributed by atoms with Crippen molar-refractivity contribution in [3.05, 3.63) is 54.3 Å². The molecule has 4 rings (SSSR count). The van der Waals surface area contributed by atoms with E-state index in [0.29, 0.717) is 0 Å². The first kappa shape index (κ1) is 15.3. The molecule has 0 amide bonds. The monoisotopic (exact) mass is 321 g/mol. The molecule has 2 N–H and O–H groups in total. The maximum Gasteiger partial charge on any atom is 0.147 e. The summed E-state index contributed by atoms with van der Waals surface area (Å²) in [7, 11) is 0. The number of nitrogens with zero attached hydrogens (tertiary/aromatic N) is 4. The number of hydrogen-bond donors (Lipinski definition) is 1. The van der Waals surface area contributed by atoms with Crippen LogP contribution in [-0.2, 0) is 12.8 Å². The molecule has 1 aliphatic carbocycles. The maximum atomic E-state index is 6.59. The Kier molecular flexibility index (Phi) is 3.81. The fraction of sp³-hybridized carbons (Fsp3) is 0.421. The zero-order valence-corrected chi connectivity index (χ0v) is 13.9. The maximum absolute atomic E-state index is 6.59. The molecule has 1 fully saturated rings. The van der Waals surface area contributed by atoms with Crippen LogP contribution < -0.4 is 10.6 Å². The van der Waals surface area contributed by atoms with E-state index in [0.717, 1.165) is 50.3 Å². The molecule has 1 aliphatic heterocycles. The highest BCUT2D eigenvalue weighted by Crippen LogP contribution is 2.42. The number of fused-ring (bicyclic) bond motifs is 1. The SMILES string of the molecule is C=Cc1cncc(N2CCC3(CC2)Cc2cccnc2CC3N)n1. The van der Waals surface area contributed by atoms with Crippen LogP contribution in [0, 0.1) is 5.41 Å².